The van der Waals surface area contributed by atoms with Crippen molar-refractivity contribution < 1.29 is 48.5 Å². The van der Waals surface area contributed by atoms with Gasteiger partial charge in [0.1, 0.15) is 28.4 Å². The van der Waals surface area contributed by atoms with Crippen LogP contribution in [0, 0.1) is 0 Å². The first-order valence-corrected chi connectivity index (χ1v) is 12.5. The molecule has 32 heavy (non-hydrogen) atoms. The van der Waals surface area contributed by atoms with Gasteiger partial charge < -0.3 is 31.6 Å². The first-order valence-electron chi connectivity index (χ1n) is 9.36. The Morgan fingerprint density at radius 2 is 1.25 bits per heavy atom. The molecule has 12 heteroatoms. The molecule has 0 unspecified atom stereocenters. The molecule has 0 N–H and O–H groups in total. The molecule has 0 spiro atoms. The second-order valence-electron chi connectivity index (χ2n) is 5.15. The number of aromatic nitrogens is 2. The van der Waals surface area contributed by atoms with Crippen molar-refractivity contribution >= 4 is 59.2 Å². The molecule has 2 aromatic rings. The van der Waals surface area contributed by atoms with Gasteiger partial charge in [-0.15, -0.1) is 11.8 Å². The van der Waals surface area contributed by atoms with Crippen molar-refractivity contribution in [2.24, 2.45) is 0 Å². The molecule has 2 heterocycles. The van der Waals surface area contributed by atoms with E-state index in [1.165, 1.54) is 0 Å². The van der Waals surface area contributed by atoms with Crippen molar-refractivity contribution in [3.05, 3.63) is 39.5 Å². The summed E-state index contributed by atoms with van der Waals surface area (Å²) in [5.41, 5.74) is 0. The number of pyridine rings is 2. The zero-order valence-corrected chi connectivity index (χ0v) is 24.9. The fourth-order valence-corrected chi connectivity index (χ4v) is 2.64. The molecule has 0 bridgehead atoms. The summed E-state index contributed by atoms with van der Waals surface area (Å²) in [4.78, 5) is 8.17. The molecule has 0 aliphatic rings. The molecular formula is C20H28Cl3N2NaO4S2. The number of hydrogen-bond acceptors (Lipinski definition) is 8. The predicted molar refractivity (Wildman–Crippen MR) is 133 cm³/mol. The van der Waals surface area contributed by atoms with E-state index in [0.717, 1.165) is 5.03 Å². The molecule has 0 saturated heterocycles. The minimum Gasteiger partial charge on any atom is -0.796 e. The molecule has 0 fully saturated rings. The standard InChI is InChI=1S/C10H14ClNO2S.C9H11Cl2NO2.CH4S.Na/c1-3-13-6-7-14-10-8(11)4-5-9(12-10)15-2;1-2-13-5-6-14-9-7(10)3-4-8(11)12-9;1-2;/h4-5H,3,6-7H2,1-2H3;3-4H,2,5-6H2,1H3;2H,1H3;/q;;;+1/p-1. The molecule has 6 nitrogen and oxygen atoms in total. The van der Waals surface area contributed by atoms with Crippen molar-refractivity contribution in [1.82, 2.24) is 9.97 Å². The Morgan fingerprint density at radius 3 is 1.72 bits per heavy atom. The maximum atomic E-state index is 5.93. The minimum absolute atomic E-state index is 0. The van der Waals surface area contributed by atoms with E-state index in [-0.39, 0.29) is 29.6 Å². The molecule has 0 radical (unpaired) electrons. The monoisotopic (exact) mass is 552 g/mol. The van der Waals surface area contributed by atoms with Gasteiger partial charge in [-0.1, -0.05) is 34.8 Å². The molecule has 0 aromatic carbocycles. The topological polar surface area (TPSA) is 62.7 Å². The average Bonchev–Trinajstić information content (AvgIpc) is 2.79. The summed E-state index contributed by atoms with van der Waals surface area (Å²) in [5, 5.41) is 2.24. The Balaban J connectivity index is 0. The summed E-state index contributed by atoms with van der Waals surface area (Å²) in [5.74, 6) is 0.821. The van der Waals surface area contributed by atoms with E-state index in [4.69, 9.17) is 53.8 Å². The van der Waals surface area contributed by atoms with Crippen molar-refractivity contribution in [3.8, 4) is 11.8 Å². The summed E-state index contributed by atoms with van der Waals surface area (Å²) in [6.07, 6.45) is 3.54. The van der Waals surface area contributed by atoms with Crippen LogP contribution >= 0.6 is 46.6 Å². The van der Waals surface area contributed by atoms with Gasteiger partial charge >= 0.3 is 29.6 Å². The van der Waals surface area contributed by atoms with E-state index in [2.05, 4.69) is 22.6 Å². The predicted octanol–water partition coefficient (Wildman–Crippen LogP) is 2.84. The van der Waals surface area contributed by atoms with Crippen molar-refractivity contribution in [3.63, 3.8) is 0 Å². The van der Waals surface area contributed by atoms with Gasteiger partial charge in [-0.25, -0.2) is 9.97 Å². The molecule has 0 saturated carbocycles. The van der Waals surface area contributed by atoms with Crippen LogP contribution in [0.25, 0.3) is 0 Å². The zero-order chi connectivity index (χ0) is 23.5. The summed E-state index contributed by atoms with van der Waals surface area (Å²) in [6, 6.07) is 6.91. The number of halogens is 3. The Kier molecular flexibility index (Phi) is 25.0. The Morgan fingerprint density at radius 1 is 0.781 bits per heavy atom. The van der Waals surface area contributed by atoms with E-state index in [9.17, 15) is 0 Å². The molecule has 2 rings (SSSR count). The largest absolute Gasteiger partial charge is 1.00 e. The first kappa shape index (κ1) is 34.6. The van der Waals surface area contributed by atoms with Crippen molar-refractivity contribution in [1.29, 1.82) is 0 Å². The van der Waals surface area contributed by atoms with Gasteiger partial charge in [-0.3, -0.25) is 0 Å². The molecule has 0 amide bonds. The number of rotatable bonds is 11. The third-order valence-electron chi connectivity index (χ3n) is 3.12. The minimum atomic E-state index is 0. The third kappa shape index (κ3) is 16.1. The quantitative estimate of drug-likeness (QED) is 0.138. The molecule has 0 aliphatic heterocycles. The number of nitrogens with zero attached hydrogens (tertiary/aromatic N) is 2. The molecule has 0 aliphatic carbocycles. The van der Waals surface area contributed by atoms with Crippen LogP contribution in [0.5, 0.6) is 11.8 Å². The van der Waals surface area contributed by atoms with Crippen LogP contribution in [0.2, 0.25) is 15.2 Å². The number of thioether (sulfide) groups is 1. The van der Waals surface area contributed by atoms with Gasteiger partial charge in [-0.05, 0) is 44.4 Å². The average molecular weight is 554 g/mol. The fourth-order valence-electron chi connectivity index (χ4n) is 1.81. The Bertz CT molecular complexity index is 737. The summed E-state index contributed by atoms with van der Waals surface area (Å²) >= 11 is 23.1. The molecule has 0 atom stereocenters. The molecule has 2 aromatic heterocycles. The van der Waals surface area contributed by atoms with E-state index >= 15 is 0 Å². The van der Waals surface area contributed by atoms with Crippen molar-refractivity contribution in [2.45, 2.75) is 18.9 Å². The van der Waals surface area contributed by atoms with Gasteiger partial charge in [0.15, 0.2) is 0 Å². The molecular weight excluding hydrogens is 526 g/mol. The maximum absolute atomic E-state index is 5.93. The van der Waals surface area contributed by atoms with E-state index in [0.29, 0.717) is 66.6 Å². The number of ether oxygens (including phenoxy) is 4. The first-order chi connectivity index (χ1) is 15.0. The summed E-state index contributed by atoms with van der Waals surface area (Å²) in [6.45, 7) is 7.18. The summed E-state index contributed by atoms with van der Waals surface area (Å²) < 4.78 is 20.9. The van der Waals surface area contributed by atoms with Crippen LogP contribution in [0.1, 0.15) is 13.8 Å². The van der Waals surface area contributed by atoms with Gasteiger partial charge in [0.05, 0.1) is 18.2 Å². The Hall–Kier alpha value is 0.390. The normalized spacial score (nSPS) is 9.50. The number of hydrogen-bond donors (Lipinski definition) is 0. The van der Waals surface area contributed by atoms with Gasteiger partial charge in [0, 0.05) is 13.2 Å². The fraction of sp³-hybridized carbons (Fsp3) is 0.500. The van der Waals surface area contributed by atoms with Crippen LogP contribution in [0.3, 0.4) is 0 Å². The SMILES string of the molecule is CCOCCOc1nc(Cl)ccc1Cl.CCOCCOc1nc(SC)ccc1Cl.C[S-].[Na+]. The molecule has 176 valence electrons. The van der Waals surface area contributed by atoms with Gasteiger partial charge in [0.25, 0.3) is 0 Å². The van der Waals surface area contributed by atoms with Crippen LogP contribution < -0.4 is 39.0 Å². The van der Waals surface area contributed by atoms with Crippen LogP contribution in [0.15, 0.2) is 29.3 Å². The second-order valence-corrected chi connectivity index (χ2v) is 7.18. The van der Waals surface area contributed by atoms with Crippen LogP contribution in [-0.4, -0.2) is 62.1 Å². The van der Waals surface area contributed by atoms with Crippen LogP contribution in [0.4, 0.5) is 0 Å². The second kappa shape index (κ2) is 23.1. The van der Waals surface area contributed by atoms with Crippen LogP contribution in [-0.2, 0) is 22.1 Å². The summed E-state index contributed by atoms with van der Waals surface area (Å²) in [7, 11) is 0. The van der Waals surface area contributed by atoms with Gasteiger partial charge in [0.2, 0.25) is 11.8 Å². The van der Waals surface area contributed by atoms with E-state index < -0.39 is 0 Å². The maximum Gasteiger partial charge on any atom is 1.00 e. The third-order valence-corrected chi connectivity index (χ3v) is 4.55. The zero-order valence-electron chi connectivity index (χ0n) is 19.0. The Labute approximate surface area is 238 Å². The van der Waals surface area contributed by atoms with E-state index in [1.54, 1.807) is 36.2 Å². The van der Waals surface area contributed by atoms with E-state index in [1.807, 2.05) is 26.2 Å². The smallest absolute Gasteiger partial charge is 0.796 e. The van der Waals surface area contributed by atoms with Gasteiger partial charge in [-0.2, -0.15) is 6.26 Å². The van der Waals surface area contributed by atoms with Crippen molar-refractivity contribution in [2.75, 3.05) is 52.2 Å².